The van der Waals surface area contributed by atoms with Crippen LogP contribution in [0.25, 0.3) is 0 Å². The first-order chi connectivity index (χ1) is 16.4. The van der Waals surface area contributed by atoms with Crippen LogP contribution in [0.1, 0.15) is 29.5 Å². The molecule has 7 nitrogen and oxygen atoms in total. The molecule has 0 aromatic heterocycles. The molecule has 2 aliphatic rings. The van der Waals surface area contributed by atoms with Gasteiger partial charge in [0, 0.05) is 38.8 Å². The third-order valence-electron chi connectivity index (χ3n) is 6.67. The largest absolute Gasteiger partial charge is 0.495 e. The number of carbonyl (C=O) groups excluding carboxylic acids is 3. The van der Waals surface area contributed by atoms with Crippen molar-refractivity contribution in [3.63, 3.8) is 0 Å². The molecule has 2 saturated heterocycles. The minimum atomic E-state index is -0.443. The molecule has 8 heteroatoms. The van der Waals surface area contributed by atoms with Crippen molar-refractivity contribution < 1.29 is 19.1 Å². The lowest BCUT2D eigenvalue weighted by Crippen LogP contribution is -2.59. The summed E-state index contributed by atoms with van der Waals surface area (Å²) in [5.41, 5.74) is 3.02. The van der Waals surface area contributed by atoms with Crippen LogP contribution in [0, 0.1) is 6.92 Å². The highest BCUT2D eigenvalue weighted by molar-refractivity contribution is 6.35. The van der Waals surface area contributed by atoms with Crippen molar-refractivity contribution in [2.24, 2.45) is 0 Å². The number of piperazine rings is 1. The predicted octanol–water partition coefficient (Wildman–Crippen LogP) is 3.06. The highest BCUT2D eigenvalue weighted by atomic mass is 35.5. The van der Waals surface area contributed by atoms with Crippen molar-refractivity contribution in [3.05, 3.63) is 64.2 Å². The number of hydrogen-bond donors (Lipinski definition) is 0. The first kappa shape index (κ1) is 24.1. The maximum atomic E-state index is 12.9. The zero-order chi connectivity index (χ0) is 24.2. The summed E-state index contributed by atoms with van der Waals surface area (Å²) < 4.78 is 5.16. The van der Waals surface area contributed by atoms with E-state index in [0.717, 1.165) is 16.7 Å². The summed E-state index contributed by atoms with van der Waals surface area (Å²) in [5, 5.41) is 0.483. The number of amides is 3. The number of carbonyl (C=O) groups is 3. The molecule has 0 spiro atoms. The monoisotopic (exact) mass is 483 g/mol. The Morgan fingerprint density at radius 2 is 1.65 bits per heavy atom. The van der Waals surface area contributed by atoms with E-state index in [2.05, 4.69) is 0 Å². The first-order valence-electron chi connectivity index (χ1n) is 11.6. The molecular formula is C26H30ClN3O4. The van der Waals surface area contributed by atoms with Gasteiger partial charge < -0.3 is 19.4 Å². The van der Waals surface area contributed by atoms with Gasteiger partial charge in [0.25, 0.3) is 0 Å². The molecule has 0 bridgehead atoms. The van der Waals surface area contributed by atoms with Gasteiger partial charge in [-0.15, -0.1) is 0 Å². The molecule has 4 rings (SSSR count). The average molecular weight is 484 g/mol. The van der Waals surface area contributed by atoms with E-state index in [0.29, 0.717) is 56.3 Å². The van der Waals surface area contributed by atoms with Crippen molar-refractivity contribution in [2.75, 3.05) is 33.3 Å². The van der Waals surface area contributed by atoms with E-state index in [9.17, 15) is 14.4 Å². The van der Waals surface area contributed by atoms with Gasteiger partial charge in [-0.25, -0.2) is 0 Å². The Morgan fingerprint density at radius 3 is 2.29 bits per heavy atom. The molecule has 34 heavy (non-hydrogen) atoms. The minimum absolute atomic E-state index is 0.0162. The number of ether oxygens (including phenoxy) is 1. The fourth-order valence-corrected chi connectivity index (χ4v) is 4.92. The van der Waals surface area contributed by atoms with Crippen LogP contribution in [0.4, 0.5) is 0 Å². The molecule has 2 fully saturated rings. The SMILES string of the molecule is COc1ccc(CC(=O)N2CCC(N3CCN(Cc4ccc(C)cc4)C(=O)C3=O)CC2)cc1Cl. The van der Waals surface area contributed by atoms with Crippen molar-refractivity contribution in [1.82, 2.24) is 14.7 Å². The molecule has 0 radical (unpaired) electrons. The summed E-state index contributed by atoms with van der Waals surface area (Å²) >= 11 is 6.17. The van der Waals surface area contributed by atoms with Crippen molar-refractivity contribution in [2.45, 2.75) is 38.8 Å². The molecule has 3 amide bonds. The zero-order valence-electron chi connectivity index (χ0n) is 19.6. The maximum Gasteiger partial charge on any atom is 0.312 e. The van der Waals surface area contributed by atoms with Crippen molar-refractivity contribution in [3.8, 4) is 5.75 Å². The second-order valence-corrected chi connectivity index (χ2v) is 9.38. The summed E-state index contributed by atoms with van der Waals surface area (Å²) in [4.78, 5) is 43.5. The number of aryl methyl sites for hydroxylation is 1. The van der Waals surface area contributed by atoms with E-state index in [1.807, 2.05) is 42.2 Å². The third-order valence-corrected chi connectivity index (χ3v) is 6.96. The molecule has 0 saturated carbocycles. The molecule has 2 heterocycles. The van der Waals surface area contributed by atoms with E-state index in [1.54, 1.807) is 29.0 Å². The molecule has 180 valence electrons. The second-order valence-electron chi connectivity index (χ2n) is 8.97. The van der Waals surface area contributed by atoms with E-state index >= 15 is 0 Å². The zero-order valence-corrected chi connectivity index (χ0v) is 20.4. The number of benzene rings is 2. The standard InChI is InChI=1S/C26H30ClN3O4/c1-18-3-5-19(6-4-18)17-29-13-14-30(26(33)25(29)32)21-9-11-28(12-10-21)24(31)16-20-7-8-23(34-2)22(27)15-20/h3-8,15,21H,9-14,16-17H2,1-2H3. The van der Waals surface area contributed by atoms with Crippen molar-refractivity contribution >= 4 is 29.3 Å². The first-order valence-corrected chi connectivity index (χ1v) is 12.0. The van der Waals surface area contributed by atoms with Crippen LogP contribution in [0.15, 0.2) is 42.5 Å². The molecule has 0 aliphatic carbocycles. The number of methoxy groups -OCH3 is 1. The lowest BCUT2D eigenvalue weighted by atomic mass is 10.0. The van der Waals surface area contributed by atoms with Crippen LogP contribution in [0.3, 0.4) is 0 Å². The number of hydrogen-bond acceptors (Lipinski definition) is 4. The van der Waals surface area contributed by atoms with Crippen molar-refractivity contribution in [1.29, 1.82) is 0 Å². The molecule has 2 aliphatic heterocycles. The Bertz CT molecular complexity index is 1060. The molecule has 0 atom stereocenters. The fourth-order valence-electron chi connectivity index (χ4n) is 4.64. The van der Waals surface area contributed by atoms with Gasteiger partial charge in [0.05, 0.1) is 18.6 Å². The third kappa shape index (κ3) is 5.36. The normalized spacial score (nSPS) is 17.3. The van der Waals surface area contributed by atoms with E-state index < -0.39 is 11.8 Å². The van der Waals surface area contributed by atoms with E-state index in [4.69, 9.17) is 16.3 Å². The molecule has 2 aromatic carbocycles. The van der Waals surface area contributed by atoms with Gasteiger partial charge in [-0.2, -0.15) is 0 Å². The summed E-state index contributed by atoms with van der Waals surface area (Å²) in [6.07, 6.45) is 1.61. The van der Waals surface area contributed by atoms with Crippen LogP contribution in [0.5, 0.6) is 5.75 Å². The van der Waals surface area contributed by atoms with Crippen LogP contribution in [-0.4, -0.2) is 71.8 Å². The van der Waals surface area contributed by atoms with Crippen LogP contribution in [-0.2, 0) is 27.3 Å². The lowest BCUT2D eigenvalue weighted by Gasteiger charge is -2.42. The smallest absolute Gasteiger partial charge is 0.312 e. The quantitative estimate of drug-likeness (QED) is 0.592. The number of piperidine rings is 1. The Labute approximate surface area is 205 Å². The van der Waals surface area contributed by atoms with Gasteiger partial charge in [0.2, 0.25) is 5.91 Å². The number of likely N-dealkylation sites (tertiary alicyclic amines) is 1. The summed E-state index contributed by atoms with van der Waals surface area (Å²) in [6, 6.07) is 13.3. The topological polar surface area (TPSA) is 70.2 Å². The minimum Gasteiger partial charge on any atom is -0.495 e. The number of halogens is 1. The van der Waals surface area contributed by atoms with Gasteiger partial charge in [-0.3, -0.25) is 14.4 Å². The summed E-state index contributed by atoms with van der Waals surface area (Å²) in [7, 11) is 1.55. The van der Waals surface area contributed by atoms with Crippen LogP contribution >= 0.6 is 11.6 Å². The van der Waals surface area contributed by atoms with E-state index in [1.165, 1.54) is 0 Å². The Kier molecular flexibility index (Phi) is 7.41. The highest BCUT2D eigenvalue weighted by Crippen LogP contribution is 2.26. The Balaban J connectivity index is 1.28. The van der Waals surface area contributed by atoms with Crippen LogP contribution in [0.2, 0.25) is 5.02 Å². The van der Waals surface area contributed by atoms with Gasteiger partial charge >= 0.3 is 11.8 Å². The lowest BCUT2D eigenvalue weighted by molar-refractivity contribution is -0.159. The average Bonchev–Trinajstić information content (AvgIpc) is 2.84. The summed E-state index contributed by atoms with van der Waals surface area (Å²) in [5.74, 6) is -0.264. The molecule has 2 aromatic rings. The van der Waals surface area contributed by atoms with Gasteiger partial charge in [-0.1, -0.05) is 47.5 Å². The predicted molar refractivity (Wildman–Crippen MR) is 130 cm³/mol. The molecular weight excluding hydrogens is 454 g/mol. The van der Waals surface area contributed by atoms with Gasteiger partial charge in [0.1, 0.15) is 5.75 Å². The van der Waals surface area contributed by atoms with E-state index in [-0.39, 0.29) is 18.4 Å². The fraction of sp³-hybridized carbons (Fsp3) is 0.423. The molecule has 0 unspecified atom stereocenters. The summed E-state index contributed by atoms with van der Waals surface area (Å²) in [6.45, 7) is 4.65. The number of rotatable bonds is 6. The Hall–Kier alpha value is -3.06. The molecule has 0 N–H and O–H groups in total. The number of nitrogens with zero attached hydrogens (tertiary/aromatic N) is 3. The van der Waals surface area contributed by atoms with Crippen LogP contribution < -0.4 is 4.74 Å². The maximum absolute atomic E-state index is 12.9. The second kappa shape index (κ2) is 10.5. The van der Waals surface area contributed by atoms with Gasteiger partial charge in [0.15, 0.2) is 0 Å². The Morgan fingerprint density at radius 1 is 0.971 bits per heavy atom. The highest BCUT2D eigenvalue weighted by Gasteiger charge is 2.37. The van der Waals surface area contributed by atoms with Gasteiger partial charge in [-0.05, 0) is 43.0 Å².